The number of carbonyl (C=O) groups is 1. The van der Waals surface area contributed by atoms with Crippen LogP contribution in [0.2, 0.25) is 0 Å². The maximum Gasteiger partial charge on any atom is 0.232 e. The summed E-state index contributed by atoms with van der Waals surface area (Å²) in [6.07, 6.45) is 1.08. The molecule has 0 unspecified atom stereocenters. The van der Waals surface area contributed by atoms with Gasteiger partial charge in [0.2, 0.25) is 5.91 Å². The normalized spacial score (nSPS) is 13.3. The topological polar surface area (TPSA) is 33.2 Å². The average Bonchev–Trinajstić information content (AvgIpc) is 2.99. The van der Waals surface area contributed by atoms with Crippen molar-refractivity contribution in [2.24, 2.45) is 0 Å². The van der Waals surface area contributed by atoms with E-state index in [-0.39, 0.29) is 18.1 Å². The predicted molar refractivity (Wildman–Crippen MR) is 92.6 cm³/mol. The number of rotatable bonds is 2. The fraction of sp³-hybridized carbons (Fsp3) is 0.200. The van der Waals surface area contributed by atoms with Gasteiger partial charge in [0.05, 0.1) is 11.9 Å². The number of aromatic nitrogens is 1. The number of benzene rings is 2. The minimum absolute atomic E-state index is 0.000734. The number of fused-ring (bicyclic) bond motifs is 2. The zero-order valence-corrected chi connectivity index (χ0v) is 13.4. The molecule has 1 aromatic heterocycles. The molecule has 1 aliphatic rings. The molecule has 0 N–H and O–H groups in total. The summed E-state index contributed by atoms with van der Waals surface area (Å²) in [5.41, 5.74) is 3.97. The molecule has 4 heteroatoms. The van der Waals surface area contributed by atoms with Crippen molar-refractivity contribution in [2.45, 2.75) is 19.8 Å². The number of nitrogens with zero attached hydrogens (tertiary/aromatic N) is 2. The summed E-state index contributed by atoms with van der Waals surface area (Å²) in [6, 6.07) is 14.3. The van der Waals surface area contributed by atoms with Crippen LogP contribution in [0.15, 0.2) is 48.5 Å². The van der Waals surface area contributed by atoms with E-state index < -0.39 is 0 Å². The third-order valence-electron chi connectivity index (χ3n) is 4.53. The lowest BCUT2D eigenvalue weighted by Gasteiger charge is -2.17. The number of carbonyl (C=O) groups excluding carboxylic acids is 1. The zero-order chi connectivity index (χ0) is 16.7. The number of para-hydroxylation sites is 1. The SMILES string of the molecule is Cc1cccc2cc3c(nc12)N(C(=O)Cc1ccc(F)cc1)CC3. The van der Waals surface area contributed by atoms with Gasteiger partial charge in [-0.1, -0.05) is 30.3 Å². The molecule has 1 amide bonds. The summed E-state index contributed by atoms with van der Waals surface area (Å²) in [5.74, 6) is 0.478. The minimum atomic E-state index is -0.290. The van der Waals surface area contributed by atoms with E-state index in [1.165, 1.54) is 12.1 Å². The standard InChI is InChI=1S/C20H17FN2O/c1-13-3-2-4-15-12-16-9-10-23(20(16)22-19(13)15)18(24)11-14-5-7-17(21)8-6-14/h2-8,12H,9-11H2,1H3. The second kappa shape index (κ2) is 5.71. The molecule has 0 aliphatic carbocycles. The molecule has 1 aliphatic heterocycles. The summed E-state index contributed by atoms with van der Waals surface area (Å²) in [7, 11) is 0. The summed E-state index contributed by atoms with van der Waals surface area (Å²) in [6.45, 7) is 2.68. The quantitative estimate of drug-likeness (QED) is 0.719. The smallest absolute Gasteiger partial charge is 0.232 e. The maximum atomic E-state index is 13.0. The summed E-state index contributed by atoms with van der Waals surface area (Å²) in [4.78, 5) is 19.2. The first-order chi connectivity index (χ1) is 11.6. The van der Waals surface area contributed by atoms with E-state index in [0.717, 1.165) is 39.8 Å². The van der Waals surface area contributed by atoms with Gasteiger partial charge in [-0.3, -0.25) is 9.69 Å². The molecule has 0 saturated carbocycles. The monoisotopic (exact) mass is 320 g/mol. The molecule has 2 heterocycles. The second-order valence-corrected chi connectivity index (χ2v) is 6.22. The van der Waals surface area contributed by atoms with Crippen LogP contribution in [0.5, 0.6) is 0 Å². The molecule has 4 rings (SSSR count). The van der Waals surface area contributed by atoms with E-state index in [1.807, 2.05) is 19.1 Å². The van der Waals surface area contributed by atoms with E-state index in [2.05, 4.69) is 12.1 Å². The molecule has 0 spiro atoms. The van der Waals surface area contributed by atoms with Crippen molar-refractivity contribution in [3.63, 3.8) is 0 Å². The van der Waals surface area contributed by atoms with E-state index >= 15 is 0 Å². The van der Waals surface area contributed by atoms with Gasteiger partial charge in [-0.05, 0) is 48.2 Å². The van der Waals surface area contributed by atoms with Crippen molar-refractivity contribution in [3.8, 4) is 0 Å². The lowest BCUT2D eigenvalue weighted by Crippen LogP contribution is -2.31. The first kappa shape index (κ1) is 14.8. The van der Waals surface area contributed by atoms with E-state index in [0.29, 0.717) is 6.54 Å². The van der Waals surface area contributed by atoms with Gasteiger partial charge in [-0.15, -0.1) is 0 Å². The number of anilines is 1. The van der Waals surface area contributed by atoms with Crippen LogP contribution in [0.1, 0.15) is 16.7 Å². The fourth-order valence-corrected chi connectivity index (χ4v) is 3.25. The first-order valence-electron chi connectivity index (χ1n) is 8.06. The van der Waals surface area contributed by atoms with Crippen molar-refractivity contribution >= 4 is 22.6 Å². The number of hydrogen-bond acceptors (Lipinski definition) is 2. The predicted octanol–water partition coefficient (Wildman–Crippen LogP) is 3.81. The number of pyridine rings is 1. The zero-order valence-electron chi connectivity index (χ0n) is 13.4. The van der Waals surface area contributed by atoms with Crippen LogP contribution in [0.25, 0.3) is 10.9 Å². The molecular weight excluding hydrogens is 303 g/mol. The third-order valence-corrected chi connectivity index (χ3v) is 4.53. The first-order valence-corrected chi connectivity index (χ1v) is 8.06. The Morgan fingerprint density at radius 3 is 2.79 bits per heavy atom. The molecule has 0 bridgehead atoms. The van der Waals surface area contributed by atoms with Gasteiger partial charge in [0.1, 0.15) is 11.6 Å². The van der Waals surface area contributed by atoms with Crippen molar-refractivity contribution < 1.29 is 9.18 Å². The summed E-state index contributed by atoms with van der Waals surface area (Å²) >= 11 is 0. The van der Waals surface area contributed by atoms with E-state index in [9.17, 15) is 9.18 Å². The highest BCUT2D eigenvalue weighted by atomic mass is 19.1. The molecular formula is C20H17FN2O. The van der Waals surface area contributed by atoms with Gasteiger partial charge >= 0.3 is 0 Å². The van der Waals surface area contributed by atoms with Crippen LogP contribution in [0.4, 0.5) is 10.2 Å². The molecule has 2 aromatic carbocycles. The Hall–Kier alpha value is -2.75. The Morgan fingerprint density at radius 1 is 1.21 bits per heavy atom. The molecule has 3 nitrogen and oxygen atoms in total. The lowest BCUT2D eigenvalue weighted by atomic mass is 10.1. The highest BCUT2D eigenvalue weighted by Gasteiger charge is 2.26. The van der Waals surface area contributed by atoms with Gasteiger partial charge in [-0.2, -0.15) is 0 Å². The van der Waals surface area contributed by atoms with E-state index in [4.69, 9.17) is 4.98 Å². The Morgan fingerprint density at radius 2 is 2.00 bits per heavy atom. The lowest BCUT2D eigenvalue weighted by molar-refractivity contribution is -0.117. The molecule has 3 aromatic rings. The number of halogens is 1. The van der Waals surface area contributed by atoms with Gasteiger partial charge < -0.3 is 0 Å². The van der Waals surface area contributed by atoms with Crippen LogP contribution in [0, 0.1) is 12.7 Å². The highest BCUT2D eigenvalue weighted by Crippen LogP contribution is 2.30. The molecule has 0 fully saturated rings. The molecule has 0 radical (unpaired) electrons. The third kappa shape index (κ3) is 2.54. The van der Waals surface area contributed by atoms with Crippen molar-refractivity contribution in [1.29, 1.82) is 0 Å². The van der Waals surface area contributed by atoms with Gasteiger partial charge in [0.25, 0.3) is 0 Å². The summed E-state index contributed by atoms with van der Waals surface area (Å²) < 4.78 is 13.0. The Bertz CT molecular complexity index is 934. The number of hydrogen-bond donors (Lipinski definition) is 0. The van der Waals surface area contributed by atoms with Crippen LogP contribution in [-0.2, 0) is 17.6 Å². The van der Waals surface area contributed by atoms with Gasteiger partial charge in [0, 0.05) is 11.9 Å². The van der Waals surface area contributed by atoms with Gasteiger partial charge in [-0.25, -0.2) is 9.37 Å². The highest BCUT2D eigenvalue weighted by molar-refractivity contribution is 5.97. The molecule has 0 saturated heterocycles. The minimum Gasteiger partial charge on any atom is -0.296 e. The largest absolute Gasteiger partial charge is 0.296 e. The fourth-order valence-electron chi connectivity index (χ4n) is 3.25. The van der Waals surface area contributed by atoms with E-state index in [1.54, 1.807) is 17.0 Å². The Balaban J connectivity index is 1.66. The van der Waals surface area contributed by atoms with Crippen LogP contribution >= 0.6 is 0 Å². The van der Waals surface area contributed by atoms with Crippen LogP contribution < -0.4 is 4.90 Å². The second-order valence-electron chi connectivity index (χ2n) is 6.22. The summed E-state index contributed by atoms with van der Waals surface area (Å²) in [5, 5.41) is 1.11. The van der Waals surface area contributed by atoms with Crippen molar-refractivity contribution in [3.05, 3.63) is 71.0 Å². The number of amides is 1. The Kier molecular flexibility index (Phi) is 3.53. The number of aryl methyl sites for hydroxylation is 1. The molecule has 0 atom stereocenters. The van der Waals surface area contributed by atoms with Gasteiger partial charge in [0.15, 0.2) is 0 Å². The van der Waals surface area contributed by atoms with Crippen LogP contribution in [0.3, 0.4) is 0 Å². The average molecular weight is 320 g/mol. The maximum absolute atomic E-state index is 13.0. The van der Waals surface area contributed by atoms with Crippen molar-refractivity contribution in [2.75, 3.05) is 11.4 Å². The van der Waals surface area contributed by atoms with Crippen molar-refractivity contribution in [1.82, 2.24) is 4.98 Å². The molecule has 24 heavy (non-hydrogen) atoms. The molecule has 120 valence electrons. The Labute approximate surface area is 139 Å². The van der Waals surface area contributed by atoms with Crippen LogP contribution in [-0.4, -0.2) is 17.4 Å².